The minimum atomic E-state index is -3.53. The molecule has 0 aromatic carbocycles. The number of thioether (sulfide) groups is 1. The first kappa shape index (κ1) is 15.4. The van der Waals surface area contributed by atoms with Crippen LogP contribution in [0.5, 0.6) is 0 Å². The van der Waals surface area contributed by atoms with Crippen LogP contribution in [0, 0.1) is 0 Å². The first-order valence-electron chi connectivity index (χ1n) is 5.69. The predicted octanol–water partition coefficient (Wildman–Crippen LogP) is 0.960. The lowest BCUT2D eigenvalue weighted by Crippen LogP contribution is -2.36. The molecule has 1 heterocycles. The van der Waals surface area contributed by atoms with Gasteiger partial charge in [-0.2, -0.15) is 11.8 Å². The Hall–Kier alpha value is -0.630. The molecule has 5 nitrogen and oxygen atoms in total. The lowest BCUT2D eigenvalue weighted by Gasteiger charge is -2.15. The van der Waals surface area contributed by atoms with E-state index in [2.05, 4.69) is 9.71 Å². The van der Waals surface area contributed by atoms with E-state index < -0.39 is 10.0 Å². The van der Waals surface area contributed by atoms with Crippen LogP contribution in [0.3, 0.4) is 0 Å². The van der Waals surface area contributed by atoms with Crippen molar-refractivity contribution in [2.75, 3.05) is 12.0 Å². The molecular weight excluding hydrogens is 270 g/mol. The number of nitrogens with zero attached hydrogens (tertiary/aromatic N) is 1. The minimum Gasteiger partial charge on any atom is -0.326 e. The van der Waals surface area contributed by atoms with Crippen LogP contribution in [0.2, 0.25) is 0 Å². The minimum absolute atomic E-state index is 0.0410. The van der Waals surface area contributed by atoms with Crippen molar-refractivity contribution in [3.05, 3.63) is 23.9 Å². The molecule has 0 aliphatic heterocycles. The lowest BCUT2D eigenvalue weighted by atomic mass is 10.3. The van der Waals surface area contributed by atoms with Crippen LogP contribution in [-0.4, -0.2) is 31.5 Å². The molecule has 18 heavy (non-hydrogen) atoms. The molecule has 0 amide bonds. The van der Waals surface area contributed by atoms with Gasteiger partial charge in [-0.3, -0.25) is 0 Å². The molecule has 0 fully saturated rings. The predicted molar refractivity (Wildman–Crippen MR) is 74.9 cm³/mol. The average Bonchev–Trinajstić information content (AvgIpc) is 2.38. The first-order chi connectivity index (χ1) is 8.53. The van der Waals surface area contributed by atoms with Crippen LogP contribution >= 0.6 is 11.8 Å². The van der Waals surface area contributed by atoms with Crippen molar-refractivity contribution in [1.29, 1.82) is 0 Å². The summed E-state index contributed by atoms with van der Waals surface area (Å²) >= 11 is 1.61. The fourth-order valence-corrected chi connectivity index (χ4v) is 3.48. The van der Waals surface area contributed by atoms with Crippen molar-refractivity contribution in [2.45, 2.75) is 31.0 Å². The summed E-state index contributed by atoms with van der Waals surface area (Å²) in [5.74, 6) is 0.747. The summed E-state index contributed by atoms with van der Waals surface area (Å²) < 4.78 is 26.8. The number of aromatic nitrogens is 1. The largest absolute Gasteiger partial charge is 0.326 e. The summed E-state index contributed by atoms with van der Waals surface area (Å²) in [4.78, 5) is 3.93. The second-order valence-electron chi connectivity index (χ2n) is 3.89. The SMILES string of the molecule is CCC(CSC)NS(=O)(=O)c1ccc(CN)cn1. The van der Waals surface area contributed by atoms with E-state index in [1.54, 1.807) is 17.8 Å². The molecule has 0 aliphatic carbocycles. The van der Waals surface area contributed by atoms with E-state index in [9.17, 15) is 8.42 Å². The number of sulfonamides is 1. The number of hydrogen-bond donors (Lipinski definition) is 2. The average molecular weight is 289 g/mol. The van der Waals surface area contributed by atoms with Crippen LogP contribution in [-0.2, 0) is 16.6 Å². The number of pyridine rings is 1. The van der Waals surface area contributed by atoms with E-state index in [0.717, 1.165) is 17.7 Å². The fourth-order valence-electron chi connectivity index (χ4n) is 1.41. The smallest absolute Gasteiger partial charge is 0.258 e. The molecule has 0 saturated carbocycles. The molecule has 1 rings (SSSR count). The van der Waals surface area contributed by atoms with Gasteiger partial charge in [-0.25, -0.2) is 18.1 Å². The molecule has 102 valence electrons. The van der Waals surface area contributed by atoms with Crippen molar-refractivity contribution in [1.82, 2.24) is 9.71 Å². The van der Waals surface area contributed by atoms with Crippen molar-refractivity contribution < 1.29 is 8.42 Å². The summed E-state index contributed by atoms with van der Waals surface area (Å²) in [6.07, 6.45) is 4.19. The van der Waals surface area contributed by atoms with Crippen LogP contribution < -0.4 is 10.5 Å². The van der Waals surface area contributed by atoms with Gasteiger partial charge in [0.05, 0.1) is 0 Å². The summed E-state index contributed by atoms with van der Waals surface area (Å²) in [5.41, 5.74) is 6.25. The maximum atomic E-state index is 12.1. The number of nitrogens with one attached hydrogen (secondary N) is 1. The van der Waals surface area contributed by atoms with E-state index in [1.165, 1.54) is 12.3 Å². The highest BCUT2D eigenvalue weighted by Crippen LogP contribution is 2.09. The number of nitrogens with two attached hydrogens (primary N) is 1. The molecule has 0 saturated heterocycles. The Balaban J connectivity index is 2.84. The first-order valence-corrected chi connectivity index (χ1v) is 8.57. The van der Waals surface area contributed by atoms with Gasteiger partial charge in [0.2, 0.25) is 0 Å². The molecule has 0 bridgehead atoms. The van der Waals surface area contributed by atoms with Gasteiger partial charge in [-0.15, -0.1) is 0 Å². The van der Waals surface area contributed by atoms with E-state index in [1.807, 2.05) is 13.2 Å². The Morgan fingerprint density at radius 2 is 2.22 bits per heavy atom. The summed E-state index contributed by atoms with van der Waals surface area (Å²) in [6.45, 7) is 2.30. The highest BCUT2D eigenvalue weighted by Gasteiger charge is 2.19. The standard InChI is InChI=1S/C11H19N3O2S2/c1-3-10(8-17-2)14-18(15,16)11-5-4-9(6-12)7-13-11/h4-5,7,10,14H,3,6,8,12H2,1-2H3. The van der Waals surface area contributed by atoms with Gasteiger partial charge in [-0.1, -0.05) is 13.0 Å². The van der Waals surface area contributed by atoms with Crippen LogP contribution in [0.25, 0.3) is 0 Å². The Bertz CT molecular complexity index is 460. The molecular formula is C11H19N3O2S2. The molecule has 1 aromatic heterocycles. The zero-order valence-corrected chi connectivity index (χ0v) is 12.2. The quantitative estimate of drug-likeness (QED) is 0.781. The highest BCUT2D eigenvalue weighted by molar-refractivity contribution is 7.98. The maximum Gasteiger partial charge on any atom is 0.258 e. The molecule has 1 aromatic rings. The molecule has 0 spiro atoms. The maximum absolute atomic E-state index is 12.1. The van der Waals surface area contributed by atoms with Crippen molar-refractivity contribution in [3.63, 3.8) is 0 Å². The summed E-state index contributed by atoms with van der Waals surface area (Å²) in [6, 6.07) is 3.09. The van der Waals surface area contributed by atoms with Crippen LogP contribution in [0.4, 0.5) is 0 Å². The molecule has 1 atom stereocenters. The van der Waals surface area contributed by atoms with E-state index in [0.29, 0.717) is 6.54 Å². The van der Waals surface area contributed by atoms with E-state index in [-0.39, 0.29) is 11.1 Å². The molecule has 3 N–H and O–H groups in total. The third-order valence-electron chi connectivity index (χ3n) is 2.49. The second-order valence-corrected chi connectivity index (χ2v) is 6.46. The topological polar surface area (TPSA) is 85.1 Å². The third kappa shape index (κ3) is 4.24. The molecule has 1 unspecified atom stereocenters. The summed E-state index contributed by atoms with van der Waals surface area (Å²) in [7, 11) is -3.53. The Kier molecular flexibility index (Phi) is 6.07. The van der Waals surface area contributed by atoms with Gasteiger partial charge >= 0.3 is 0 Å². The normalized spacial score (nSPS) is 13.5. The van der Waals surface area contributed by atoms with Gasteiger partial charge in [0.25, 0.3) is 10.0 Å². The van der Waals surface area contributed by atoms with Gasteiger partial charge in [0.15, 0.2) is 5.03 Å². The van der Waals surface area contributed by atoms with Crippen molar-refractivity contribution >= 4 is 21.8 Å². The van der Waals surface area contributed by atoms with Gasteiger partial charge < -0.3 is 5.73 Å². The van der Waals surface area contributed by atoms with Crippen molar-refractivity contribution in [3.8, 4) is 0 Å². The Labute approximate surface area is 113 Å². The number of rotatable bonds is 7. The number of hydrogen-bond acceptors (Lipinski definition) is 5. The zero-order chi connectivity index (χ0) is 13.6. The Morgan fingerprint density at radius 3 is 2.67 bits per heavy atom. The fraction of sp³-hybridized carbons (Fsp3) is 0.545. The second kappa shape index (κ2) is 7.08. The molecule has 0 radical (unpaired) electrons. The van der Waals surface area contributed by atoms with Gasteiger partial charge in [0, 0.05) is 24.5 Å². The molecule has 7 heteroatoms. The van der Waals surface area contributed by atoms with Gasteiger partial charge in [0.1, 0.15) is 0 Å². The van der Waals surface area contributed by atoms with Crippen LogP contribution in [0.1, 0.15) is 18.9 Å². The lowest BCUT2D eigenvalue weighted by molar-refractivity contribution is 0.554. The van der Waals surface area contributed by atoms with Gasteiger partial charge in [-0.05, 0) is 24.3 Å². The highest BCUT2D eigenvalue weighted by atomic mass is 32.2. The van der Waals surface area contributed by atoms with Crippen LogP contribution in [0.15, 0.2) is 23.4 Å². The van der Waals surface area contributed by atoms with E-state index >= 15 is 0 Å². The molecule has 0 aliphatic rings. The van der Waals surface area contributed by atoms with E-state index in [4.69, 9.17) is 5.73 Å². The Morgan fingerprint density at radius 1 is 1.50 bits per heavy atom. The third-order valence-corrected chi connectivity index (χ3v) is 4.66. The van der Waals surface area contributed by atoms with Crippen molar-refractivity contribution in [2.24, 2.45) is 5.73 Å². The monoisotopic (exact) mass is 289 g/mol. The summed E-state index contributed by atoms with van der Waals surface area (Å²) in [5, 5.41) is 0.0410. The zero-order valence-electron chi connectivity index (χ0n) is 10.6.